The van der Waals surface area contributed by atoms with Crippen LogP contribution in [0.5, 0.6) is 0 Å². The van der Waals surface area contributed by atoms with Gasteiger partial charge < -0.3 is 4.98 Å². The van der Waals surface area contributed by atoms with Crippen LogP contribution in [0.15, 0.2) is 72.3 Å². The molecule has 0 amide bonds. The molecule has 23 heavy (non-hydrogen) atoms. The van der Waals surface area contributed by atoms with Crippen molar-refractivity contribution in [1.82, 2.24) is 15.0 Å². The number of rotatable bonds is 4. The highest BCUT2D eigenvalue weighted by Crippen LogP contribution is 2.18. The van der Waals surface area contributed by atoms with E-state index in [1.165, 1.54) is 16.7 Å². The molecular formula is C19H16N4. The van der Waals surface area contributed by atoms with Crippen LogP contribution in [-0.2, 0) is 6.42 Å². The third kappa shape index (κ3) is 2.97. The Kier molecular flexibility index (Phi) is 3.56. The fraction of sp³-hybridized carbons (Fsp3) is 0.105. The fourth-order valence-electron chi connectivity index (χ4n) is 2.77. The molecule has 112 valence electrons. The summed E-state index contributed by atoms with van der Waals surface area (Å²) in [7, 11) is 0. The van der Waals surface area contributed by atoms with E-state index in [2.05, 4.69) is 56.4 Å². The molecule has 3 aromatic rings. The third-order valence-corrected chi connectivity index (χ3v) is 3.88. The summed E-state index contributed by atoms with van der Waals surface area (Å²) in [5.41, 5.74) is 5.70. The number of aromatic amines is 1. The Balaban J connectivity index is 1.59. The molecule has 0 bridgehead atoms. The first-order valence-electron chi connectivity index (χ1n) is 7.64. The second-order valence-electron chi connectivity index (χ2n) is 5.53. The molecule has 0 spiro atoms. The lowest BCUT2D eigenvalue weighted by Gasteiger charge is -2.06. The third-order valence-electron chi connectivity index (χ3n) is 3.88. The number of aliphatic imine (C=N–C) groups is 1. The summed E-state index contributed by atoms with van der Waals surface area (Å²) < 4.78 is 0. The molecule has 2 aromatic heterocycles. The van der Waals surface area contributed by atoms with Crippen molar-refractivity contribution in [2.75, 3.05) is 0 Å². The predicted octanol–water partition coefficient (Wildman–Crippen LogP) is 3.77. The van der Waals surface area contributed by atoms with Gasteiger partial charge in [0.15, 0.2) is 5.82 Å². The molecular weight excluding hydrogens is 284 g/mol. The highest BCUT2D eigenvalue weighted by atomic mass is 14.9. The monoisotopic (exact) mass is 300 g/mol. The van der Waals surface area contributed by atoms with Gasteiger partial charge in [0, 0.05) is 31.2 Å². The Morgan fingerprint density at radius 2 is 1.96 bits per heavy atom. The zero-order valence-electron chi connectivity index (χ0n) is 12.6. The van der Waals surface area contributed by atoms with Crippen molar-refractivity contribution in [3.8, 4) is 11.5 Å². The first-order valence-corrected chi connectivity index (χ1v) is 7.64. The van der Waals surface area contributed by atoms with Crippen molar-refractivity contribution in [3.63, 3.8) is 0 Å². The lowest BCUT2D eigenvalue weighted by atomic mass is 10.0. The molecule has 1 N–H and O–H groups in total. The van der Waals surface area contributed by atoms with Crippen molar-refractivity contribution in [3.05, 3.63) is 84.0 Å². The van der Waals surface area contributed by atoms with E-state index in [1.807, 2.05) is 24.7 Å². The summed E-state index contributed by atoms with van der Waals surface area (Å²) in [5, 5.41) is 0. The number of aromatic nitrogens is 3. The molecule has 4 rings (SSSR count). The molecule has 1 aromatic carbocycles. The summed E-state index contributed by atoms with van der Waals surface area (Å²) in [4.78, 5) is 16.2. The Labute approximate surface area is 134 Å². The molecule has 0 saturated heterocycles. The van der Waals surface area contributed by atoms with E-state index in [0.29, 0.717) is 0 Å². The van der Waals surface area contributed by atoms with Crippen LogP contribution < -0.4 is 0 Å². The highest BCUT2D eigenvalue weighted by Gasteiger charge is 2.07. The average Bonchev–Trinajstić information content (AvgIpc) is 3.29. The van der Waals surface area contributed by atoms with Crippen LogP contribution in [-0.4, -0.2) is 20.7 Å². The van der Waals surface area contributed by atoms with Gasteiger partial charge in [0.2, 0.25) is 0 Å². The quantitative estimate of drug-likeness (QED) is 0.797. The first kappa shape index (κ1) is 13.6. The van der Waals surface area contributed by atoms with Crippen LogP contribution in [0, 0.1) is 0 Å². The van der Waals surface area contributed by atoms with Crippen LogP contribution >= 0.6 is 0 Å². The maximum absolute atomic E-state index is 4.42. The van der Waals surface area contributed by atoms with Gasteiger partial charge in [-0.15, -0.1) is 0 Å². The summed E-state index contributed by atoms with van der Waals surface area (Å²) in [6, 6.07) is 12.7. The van der Waals surface area contributed by atoms with Gasteiger partial charge in [0.05, 0.1) is 5.71 Å². The molecule has 4 heteroatoms. The number of allylic oxidation sites excluding steroid dienone is 1. The number of pyridine rings is 1. The van der Waals surface area contributed by atoms with Crippen molar-refractivity contribution in [2.45, 2.75) is 12.8 Å². The standard InChI is InChI=1S/C19H16N4/c1-3-14(12-16(4-1)17-5-2-7-20-17)11-15-6-8-21-18(13-15)19-22-9-10-23-19/h1-4,6-10,12-13H,5,11H2,(H,22,23). The van der Waals surface area contributed by atoms with Gasteiger partial charge >= 0.3 is 0 Å². The SMILES string of the molecule is C1=CN=C(c2cccc(Cc3ccnc(-c4ncc[nH]4)c3)c2)C1. The van der Waals surface area contributed by atoms with Crippen LogP contribution in [0.4, 0.5) is 0 Å². The summed E-state index contributed by atoms with van der Waals surface area (Å²) in [6.07, 6.45) is 11.1. The smallest absolute Gasteiger partial charge is 0.155 e. The van der Waals surface area contributed by atoms with E-state index in [9.17, 15) is 0 Å². The Hall–Kier alpha value is -3.01. The van der Waals surface area contributed by atoms with Gasteiger partial charge in [-0.05, 0) is 41.3 Å². The topological polar surface area (TPSA) is 53.9 Å². The highest BCUT2D eigenvalue weighted by molar-refractivity contribution is 6.03. The van der Waals surface area contributed by atoms with Gasteiger partial charge in [-0.2, -0.15) is 0 Å². The molecule has 0 atom stereocenters. The number of nitrogens with one attached hydrogen (secondary N) is 1. The van der Waals surface area contributed by atoms with E-state index in [0.717, 1.165) is 30.1 Å². The second-order valence-corrected chi connectivity index (χ2v) is 5.53. The molecule has 1 aliphatic heterocycles. The predicted molar refractivity (Wildman–Crippen MR) is 91.4 cm³/mol. The Bertz CT molecular complexity index is 876. The minimum Gasteiger partial charge on any atom is -0.343 e. The molecule has 0 saturated carbocycles. The minimum atomic E-state index is 0.798. The minimum absolute atomic E-state index is 0.798. The van der Waals surface area contributed by atoms with Gasteiger partial charge in [-0.1, -0.05) is 24.3 Å². The van der Waals surface area contributed by atoms with Crippen molar-refractivity contribution < 1.29 is 0 Å². The normalized spacial score (nSPS) is 13.3. The number of benzene rings is 1. The molecule has 0 aliphatic carbocycles. The molecule has 3 heterocycles. The van der Waals surface area contributed by atoms with E-state index in [1.54, 1.807) is 6.20 Å². The number of nitrogens with zero attached hydrogens (tertiary/aromatic N) is 3. The molecule has 1 aliphatic rings. The zero-order chi connectivity index (χ0) is 15.5. The number of H-pyrrole nitrogens is 1. The number of hydrogen-bond acceptors (Lipinski definition) is 3. The number of imidazole rings is 1. The maximum Gasteiger partial charge on any atom is 0.155 e. The Morgan fingerprint density at radius 1 is 1.00 bits per heavy atom. The van der Waals surface area contributed by atoms with E-state index in [4.69, 9.17) is 0 Å². The first-order chi connectivity index (χ1) is 11.4. The lowest BCUT2D eigenvalue weighted by Crippen LogP contribution is -1.98. The van der Waals surface area contributed by atoms with Gasteiger partial charge in [0.1, 0.15) is 5.69 Å². The second kappa shape index (κ2) is 6.01. The number of hydrogen-bond donors (Lipinski definition) is 1. The molecule has 0 radical (unpaired) electrons. The van der Waals surface area contributed by atoms with Crippen molar-refractivity contribution in [1.29, 1.82) is 0 Å². The average molecular weight is 300 g/mol. The van der Waals surface area contributed by atoms with Crippen molar-refractivity contribution in [2.24, 2.45) is 4.99 Å². The summed E-state index contributed by atoms with van der Waals surface area (Å²) in [5.74, 6) is 0.798. The Morgan fingerprint density at radius 3 is 2.78 bits per heavy atom. The van der Waals surface area contributed by atoms with E-state index < -0.39 is 0 Å². The lowest BCUT2D eigenvalue weighted by molar-refractivity contribution is 1.14. The largest absolute Gasteiger partial charge is 0.343 e. The van der Waals surface area contributed by atoms with Gasteiger partial charge in [-0.25, -0.2) is 4.98 Å². The van der Waals surface area contributed by atoms with Gasteiger partial charge in [-0.3, -0.25) is 9.98 Å². The van der Waals surface area contributed by atoms with E-state index >= 15 is 0 Å². The van der Waals surface area contributed by atoms with Crippen LogP contribution in [0.2, 0.25) is 0 Å². The van der Waals surface area contributed by atoms with Crippen LogP contribution in [0.25, 0.3) is 11.5 Å². The molecule has 0 fully saturated rings. The van der Waals surface area contributed by atoms with Gasteiger partial charge in [0.25, 0.3) is 0 Å². The van der Waals surface area contributed by atoms with Crippen LogP contribution in [0.1, 0.15) is 23.1 Å². The van der Waals surface area contributed by atoms with Crippen LogP contribution in [0.3, 0.4) is 0 Å². The maximum atomic E-state index is 4.42. The van der Waals surface area contributed by atoms with E-state index in [-0.39, 0.29) is 0 Å². The zero-order valence-corrected chi connectivity index (χ0v) is 12.6. The summed E-state index contributed by atoms with van der Waals surface area (Å²) in [6.45, 7) is 0. The van der Waals surface area contributed by atoms with Crippen molar-refractivity contribution >= 4 is 5.71 Å². The fourth-order valence-corrected chi connectivity index (χ4v) is 2.77. The summed E-state index contributed by atoms with van der Waals surface area (Å²) >= 11 is 0. The molecule has 4 nitrogen and oxygen atoms in total. The molecule has 0 unspecified atom stereocenters.